The van der Waals surface area contributed by atoms with Crippen LogP contribution in [0.2, 0.25) is 0 Å². The van der Waals surface area contributed by atoms with E-state index in [1.165, 1.54) is 38.5 Å². The van der Waals surface area contributed by atoms with Crippen LogP contribution in [0.3, 0.4) is 0 Å². The Morgan fingerprint density at radius 2 is 2.10 bits per heavy atom. The van der Waals surface area contributed by atoms with Gasteiger partial charge in [-0.05, 0) is 73.5 Å². The van der Waals surface area contributed by atoms with E-state index in [4.69, 9.17) is 0 Å². The van der Waals surface area contributed by atoms with Crippen molar-refractivity contribution in [2.24, 2.45) is 17.3 Å². The number of fused-ring (bicyclic) bond motifs is 2. The van der Waals surface area contributed by atoms with Crippen molar-refractivity contribution in [2.45, 2.75) is 51.0 Å². The average molecular weight is 352 g/mol. The Hall–Kier alpha value is -0.410. The predicted octanol–water partition coefficient (Wildman–Crippen LogP) is 4.69. The normalized spacial score (nSPS) is 34.6. The summed E-state index contributed by atoms with van der Waals surface area (Å²) in [6.45, 7) is 1.09. The minimum absolute atomic E-state index is 0.0436. The number of nitrogens with one attached hydrogen (secondary N) is 1. The summed E-state index contributed by atoms with van der Waals surface area (Å²) in [6, 6.07) is 6.32. The minimum atomic E-state index is -0.0436. The van der Waals surface area contributed by atoms with Gasteiger partial charge in [-0.25, -0.2) is 4.39 Å². The van der Waals surface area contributed by atoms with Gasteiger partial charge in [-0.3, -0.25) is 0 Å². The highest BCUT2D eigenvalue weighted by atomic mass is 79.9. The van der Waals surface area contributed by atoms with Crippen LogP contribution in [0.1, 0.15) is 44.1 Å². The van der Waals surface area contributed by atoms with Gasteiger partial charge in [-0.2, -0.15) is 0 Å². The Bertz CT molecular complexity index is 542. The topological polar surface area (TPSA) is 12.0 Å². The summed E-state index contributed by atoms with van der Waals surface area (Å²) >= 11 is 3.36. The standard InChI is InChI=1S/C18H23BrFN/c19-15-4-2-13(17(20)8-15)10-18(11-21-16-5-6-16)9-12-1-3-14(18)7-12/h2,4,8,12,14,16,21H,1,3,5-7,9-11H2. The molecule has 114 valence electrons. The van der Waals surface area contributed by atoms with Crippen LogP contribution < -0.4 is 5.32 Å². The van der Waals surface area contributed by atoms with E-state index in [0.29, 0.717) is 5.41 Å². The maximum atomic E-state index is 14.3. The van der Waals surface area contributed by atoms with Crippen molar-refractivity contribution in [1.29, 1.82) is 0 Å². The molecule has 2 bridgehead atoms. The van der Waals surface area contributed by atoms with Crippen molar-refractivity contribution < 1.29 is 4.39 Å². The zero-order valence-corrected chi connectivity index (χ0v) is 14.0. The average Bonchev–Trinajstić information content (AvgIpc) is 3.09. The van der Waals surface area contributed by atoms with Gasteiger partial charge >= 0.3 is 0 Å². The van der Waals surface area contributed by atoms with Crippen LogP contribution in [0.25, 0.3) is 0 Å². The molecule has 1 nitrogen and oxygen atoms in total. The van der Waals surface area contributed by atoms with Gasteiger partial charge in [0.15, 0.2) is 0 Å². The Morgan fingerprint density at radius 1 is 1.24 bits per heavy atom. The summed E-state index contributed by atoms with van der Waals surface area (Å²) in [4.78, 5) is 0. The third-order valence-corrected chi connectivity index (χ3v) is 6.47. The molecule has 0 radical (unpaired) electrons. The van der Waals surface area contributed by atoms with E-state index in [-0.39, 0.29) is 5.82 Å². The lowest BCUT2D eigenvalue weighted by atomic mass is 9.69. The third kappa shape index (κ3) is 2.79. The van der Waals surface area contributed by atoms with Gasteiger partial charge in [0, 0.05) is 17.1 Å². The van der Waals surface area contributed by atoms with Crippen molar-refractivity contribution in [3.8, 4) is 0 Å². The number of benzene rings is 1. The summed E-state index contributed by atoms with van der Waals surface area (Å²) in [7, 11) is 0. The van der Waals surface area contributed by atoms with E-state index >= 15 is 0 Å². The van der Waals surface area contributed by atoms with Gasteiger partial charge in [0.25, 0.3) is 0 Å². The van der Waals surface area contributed by atoms with Crippen LogP contribution in [0.15, 0.2) is 22.7 Å². The number of rotatable bonds is 5. The molecule has 1 aromatic rings. The van der Waals surface area contributed by atoms with E-state index in [9.17, 15) is 4.39 Å². The molecular formula is C18H23BrFN. The molecule has 4 rings (SSSR count). The number of hydrogen-bond acceptors (Lipinski definition) is 1. The molecule has 3 atom stereocenters. The Kier molecular flexibility index (Phi) is 3.61. The first-order chi connectivity index (χ1) is 10.1. The molecule has 0 spiro atoms. The summed E-state index contributed by atoms with van der Waals surface area (Å²) in [5, 5.41) is 3.74. The van der Waals surface area contributed by atoms with Crippen molar-refractivity contribution in [1.82, 2.24) is 5.32 Å². The van der Waals surface area contributed by atoms with Crippen molar-refractivity contribution in [3.63, 3.8) is 0 Å². The highest BCUT2D eigenvalue weighted by molar-refractivity contribution is 9.10. The molecule has 0 saturated heterocycles. The molecule has 0 amide bonds. The SMILES string of the molecule is Fc1cc(Br)ccc1CC1(CNC2CC2)CC2CCC1C2. The Balaban J connectivity index is 1.57. The zero-order valence-electron chi connectivity index (χ0n) is 12.4. The molecule has 3 heteroatoms. The maximum Gasteiger partial charge on any atom is 0.127 e. The summed E-state index contributed by atoms with van der Waals surface area (Å²) < 4.78 is 15.1. The Labute approximate surface area is 134 Å². The molecule has 3 saturated carbocycles. The zero-order chi connectivity index (χ0) is 14.4. The summed E-state index contributed by atoms with van der Waals surface area (Å²) in [5.41, 5.74) is 1.21. The summed E-state index contributed by atoms with van der Waals surface area (Å²) in [6.07, 6.45) is 9.01. The molecule has 1 aromatic carbocycles. The molecule has 0 aliphatic heterocycles. The van der Waals surface area contributed by atoms with Gasteiger partial charge in [-0.15, -0.1) is 0 Å². The monoisotopic (exact) mass is 351 g/mol. The lowest BCUT2D eigenvalue weighted by molar-refractivity contribution is 0.154. The van der Waals surface area contributed by atoms with Gasteiger partial charge in [0.1, 0.15) is 5.82 Å². The molecule has 1 N–H and O–H groups in total. The molecule has 21 heavy (non-hydrogen) atoms. The third-order valence-electron chi connectivity index (χ3n) is 5.98. The smallest absolute Gasteiger partial charge is 0.127 e. The van der Waals surface area contributed by atoms with Gasteiger partial charge < -0.3 is 5.32 Å². The van der Waals surface area contributed by atoms with Crippen LogP contribution in [0.4, 0.5) is 4.39 Å². The first kappa shape index (κ1) is 14.2. The van der Waals surface area contributed by atoms with Crippen LogP contribution in [0, 0.1) is 23.1 Å². The first-order valence-corrected chi connectivity index (χ1v) is 9.11. The lowest BCUT2D eigenvalue weighted by Gasteiger charge is -2.38. The highest BCUT2D eigenvalue weighted by Crippen LogP contribution is 2.57. The first-order valence-electron chi connectivity index (χ1n) is 8.32. The fourth-order valence-corrected chi connectivity index (χ4v) is 5.07. The van der Waals surface area contributed by atoms with E-state index in [2.05, 4.69) is 21.2 Å². The van der Waals surface area contributed by atoms with E-state index in [1.54, 1.807) is 6.07 Å². The van der Waals surface area contributed by atoms with Crippen molar-refractivity contribution >= 4 is 15.9 Å². The second kappa shape index (κ2) is 5.34. The predicted molar refractivity (Wildman–Crippen MR) is 86.7 cm³/mol. The van der Waals surface area contributed by atoms with Crippen LogP contribution in [0.5, 0.6) is 0 Å². The van der Waals surface area contributed by atoms with Crippen molar-refractivity contribution in [3.05, 3.63) is 34.1 Å². The molecule has 3 unspecified atom stereocenters. The van der Waals surface area contributed by atoms with Gasteiger partial charge in [-0.1, -0.05) is 28.4 Å². The molecule has 3 aliphatic rings. The fourth-order valence-electron chi connectivity index (χ4n) is 4.73. The molecule has 3 fully saturated rings. The largest absolute Gasteiger partial charge is 0.313 e. The second-order valence-electron chi connectivity index (χ2n) is 7.51. The highest BCUT2D eigenvalue weighted by Gasteiger charge is 2.51. The second-order valence-corrected chi connectivity index (χ2v) is 8.43. The van der Waals surface area contributed by atoms with Gasteiger partial charge in [0.05, 0.1) is 0 Å². The van der Waals surface area contributed by atoms with E-state index in [1.807, 2.05) is 12.1 Å². The number of halogens is 2. The molecular weight excluding hydrogens is 329 g/mol. The number of hydrogen-bond donors (Lipinski definition) is 1. The molecule has 0 aromatic heterocycles. The van der Waals surface area contributed by atoms with Crippen molar-refractivity contribution in [2.75, 3.05) is 6.54 Å². The maximum absolute atomic E-state index is 14.3. The van der Waals surface area contributed by atoms with Crippen LogP contribution >= 0.6 is 15.9 Å². The lowest BCUT2D eigenvalue weighted by Crippen LogP contribution is -2.41. The summed E-state index contributed by atoms with van der Waals surface area (Å²) in [5.74, 6) is 1.66. The fraction of sp³-hybridized carbons (Fsp3) is 0.667. The van der Waals surface area contributed by atoms with E-state index in [0.717, 1.165) is 40.9 Å². The molecule has 3 aliphatic carbocycles. The van der Waals surface area contributed by atoms with Crippen LogP contribution in [-0.4, -0.2) is 12.6 Å². The Morgan fingerprint density at radius 3 is 2.71 bits per heavy atom. The van der Waals surface area contributed by atoms with E-state index < -0.39 is 0 Å². The molecule has 0 heterocycles. The quantitative estimate of drug-likeness (QED) is 0.811. The van der Waals surface area contributed by atoms with Gasteiger partial charge in [0.2, 0.25) is 0 Å². The van der Waals surface area contributed by atoms with Crippen LogP contribution in [-0.2, 0) is 6.42 Å². The minimum Gasteiger partial charge on any atom is -0.313 e.